The molecule has 0 radical (unpaired) electrons. The zero-order chi connectivity index (χ0) is 13.9. The number of fused-ring (bicyclic) bond motifs is 1. The van der Waals surface area contributed by atoms with Crippen LogP contribution >= 0.6 is 22.9 Å². The first kappa shape index (κ1) is 13.6. The predicted octanol–water partition coefficient (Wildman–Crippen LogP) is 3.47. The molecule has 1 unspecified atom stereocenters. The van der Waals surface area contributed by atoms with Gasteiger partial charge in [-0.2, -0.15) is 15.0 Å². The Labute approximate surface area is 126 Å². The van der Waals surface area contributed by atoms with Crippen LogP contribution in [0.3, 0.4) is 0 Å². The Morgan fingerprint density at radius 3 is 3.20 bits per heavy atom. The minimum Gasteiger partial charge on any atom is -0.464 e. The highest BCUT2D eigenvalue weighted by Gasteiger charge is 2.22. The molecule has 0 saturated heterocycles. The van der Waals surface area contributed by atoms with Crippen LogP contribution in [0.15, 0.2) is 11.4 Å². The summed E-state index contributed by atoms with van der Waals surface area (Å²) in [5, 5.41) is 5.62. The number of hydrogen-bond acceptors (Lipinski definition) is 6. The van der Waals surface area contributed by atoms with E-state index in [0.29, 0.717) is 12.6 Å². The summed E-state index contributed by atoms with van der Waals surface area (Å²) < 4.78 is 5.29. The lowest BCUT2D eigenvalue weighted by molar-refractivity contribution is 0.311. The second-order valence-corrected chi connectivity index (χ2v) is 5.87. The average molecular weight is 311 g/mol. The minimum absolute atomic E-state index is 0.146. The van der Waals surface area contributed by atoms with Crippen LogP contribution in [0, 0.1) is 0 Å². The molecular formula is C13H15ClN4OS. The van der Waals surface area contributed by atoms with Gasteiger partial charge in [0.25, 0.3) is 0 Å². The molecule has 1 N–H and O–H groups in total. The third-order valence-corrected chi connectivity index (χ3v) is 4.38. The largest absolute Gasteiger partial charge is 0.464 e. The molecule has 0 spiro atoms. The van der Waals surface area contributed by atoms with E-state index < -0.39 is 0 Å². The molecule has 0 aromatic carbocycles. The molecule has 0 fully saturated rings. The standard InChI is InChI=1S/C13H15ClN4OS/c1-2-19-13-17-11(14)16-12(18-13)15-9-4-3-5-10-8(9)6-7-20-10/h6-7,9H,2-5H2,1H3,(H,15,16,17,18). The van der Waals surface area contributed by atoms with Crippen molar-refractivity contribution >= 4 is 28.9 Å². The number of aromatic nitrogens is 3. The van der Waals surface area contributed by atoms with Crippen molar-refractivity contribution in [2.75, 3.05) is 11.9 Å². The summed E-state index contributed by atoms with van der Waals surface area (Å²) in [7, 11) is 0. The molecule has 2 aromatic rings. The lowest BCUT2D eigenvalue weighted by Gasteiger charge is -2.23. The fourth-order valence-corrected chi connectivity index (χ4v) is 3.52. The maximum absolute atomic E-state index is 5.90. The lowest BCUT2D eigenvalue weighted by Crippen LogP contribution is -2.17. The molecule has 2 aromatic heterocycles. The van der Waals surface area contributed by atoms with Gasteiger partial charge in [-0.15, -0.1) is 11.3 Å². The number of aryl methyl sites for hydroxylation is 1. The fourth-order valence-electron chi connectivity index (χ4n) is 2.38. The number of hydrogen-bond donors (Lipinski definition) is 1. The van der Waals surface area contributed by atoms with E-state index in [0.717, 1.165) is 12.8 Å². The molecule has 0 aliphatic heterocycles. The number of nitrogens with zero attached hydrogens (tertiary/aromatic N) is 3. The third kappa shape index (κ3) is 2.86. The first-order valence-corrected chi connectivity index (χ1v) is 7.89. The van der Waals surface area contributed by atoms with Crippen molar-refractivity contribution in [3.63, 3.8) is 0 Å². The summed E-state index contributed by atoms with van der Waals surface area (Å²) in [5.74, 6) is 0.470. The maximum Gasteiger partial charge on any atom is 0.322 e. The van der Waals surface area contributed by atoms with Gasteiger partial charge < -0.3 is 10.1 Å². The van der Waals surface area contributed by atoms with E-state index in [4.69, 9.17) is 16.3 Å². The highest BCUT2D eigenvalue weighted by molar-refractivity contribution is 7.10. The highest BCUT2D eigenvalue weighted by Crippen LogP contribution is 2.35. The summed E-state index contributed by atoms with van der Waals surface area (Å²) in [6.45, 7) is 2.38. The second-order valence-electron chi connectivity index (χ2n) is 4.53. The maximum atomic E-state index is 5.90. The Kier molecular flexibility index (Phi) is 4.03. The van der Waals surface area contributed by atoms with Crippen LogP contribution in [-0.2, 0) is 6.42 Å². The zero-order valence-corrected chi connectivity index (χ0v) is 12.7. The van der Waals surface area contributed by atoms with E-state index in [9.17, 15) is 0 Å². The van der Waals surface area contributed by atoms with Gasteiger partial charge in [0.1, 0.15) is 0 Å². The molecule has 1 atom stereocenters. The van der Waals surface area contributed by atoms with Crippen LogP contribution in [-0.4, -0.2) is 21.6 Å². The first-order valence-electron chi connectivity index (χ1n) is 6.63. The molecule has 2 heterocycles. The minimum atomic E-state index is 0.146. The second kappa shape index (κ2) is 5.93. The van der Waals surface area contributed by atoms with Crippen molar-refractivity contribution in [3.8, 4) is 6.01 Å². The fraction of sp³-hybridized carbons (Fsp3) is 0.462. The Hall–Kier alpha value is -1.40. The molecule has 3 rings (SSSR count). The van der Waals surface area contributed by atoms with Gasteiger partial charge in [-0.05, 0) is 54.8 Å². The van der Waals surface area contributed by atoms with Gasteiger partial charge >= 0.3 is 6.01 Å². The topological polar surface area (TPSA) is 59.9 Å². The molecule has 5 nitrogen and oxygen atoms in total. The number of halogens is 1. The molecular weight excluding hydrogens is 296 g/mol. The lowest BCUT2D eigenvalue weighted by atomic mass is 9.94. The normalized spacial score (nSPS) is 17.6. The molecule has 0 saturated carbocycles. The van der Waals surface area contributed by atoms with Crippen molar-refractivity contribution in [3.05, 3.63) is 27.2 Å². The molecule has 106 valence electrons. The van der Waals surface area contributed by atoms with E-state index >= 15 is 0 Å². The van der Waals surface area contributed by atoms with Gasteiger partial charge in [0, 0.05) is 4.88 Å². The van der Waals surface area contributed by atoms with Crippen molar-refractivity contribution < 1.29 is 4.74 Å². The van der Waals surface area contributed by atoms with E-state index in [2.05, 4.69) is 31.7 Å². The number of nitrogens with one attached hydrogen (secondary N) is 1. The third-order valence-electron chi connectivity index (χ3n) is 3.22. The van der Waals surface area contributed by atoms with Gasteiger partial charge in [0.05, 0.1) is 12.6 Å². The zero-order valence-electron chi connectivity index (χ0n) is 11.1. The number of ether oxygens (including phenoxy) is 1. The quantitative estimate of drug-likeness (QED) is 0.937. The average Bonchev–Trinajstić information content (AvgIpc) is 2.88. The van der Waals surface area contributed by atoms with Gasteiger partial charge in [0.2, 0.25) is 11.2 Å². The SMILES string of the molecule is CCOc1nc(Cl)nc(NC2CCCc3sccc32)n1. The Morgan fingerprint density at radius 2 is 2.35 bits per heavy atom. The van der Waals surface area contributed by atoms with Crippen LogP contribution in [0.4, 0.5) is 5.95 Å². The molecule has 1 aliphatic carbocycles. The van der Waals surface area contributed by atoms with Crippen molar-refractivity contribution in [1.82, 2.24) is 15.0 Å². The van der Waals surface area contributed by atoms with Gasteiger partial charge in [-0.3, -0.25) is 0 Å². The summed E-state index contributed by atoms with van der Waals surface area (Å²) in [4.78, 5) is 13.7. The molecule has 0 amide bonds. The molecule has 0 bridgehead atoms. The monoisotopic (exact) mass is 310 g/mol. The van der Waals surface area contributed by atoms with E-state index in [1.807, 2.05) is 18.3 Å². The summed E-state index contributed by atoms with van der Waals surface area (Å²) in [5.41, 5.74) is 1.34. The number of anilines is 1. The first-order chi connectivity index (χ1) is 9.76. The summed E-state index contributed by atoms with van der Waals surface area (Å²) in [6.07, 6.45) is 3.40. The van der Waals surface area contributed by atoms with E-state index in [1.165, 1.54) is 16.9 Å². The van der Waals surface area contributed by atoms with Crippen molar-refractivity contribution in [2.24, 2.45) is 0 Å². The van der Waals surface area contributed by atoms with Crippen LogP contribution < -0.4 is 10.1 Å². The Bertz CT molecular complexity index is 604. The molecule has 7 heteroatoms. The smallest absolute Gasteiger partial charge is 0.322 e. The number of thiophene rings is 1. The van der Waals surface area contributed by atoms with Crippen LogP contribution in [0.2, 0.25) is 5.28 Å². The summed E-state index contributed by atoms with van der Waals surface area (Å²) >= 11 is 7.71. The molecule has 1 aliphatic rings. The highest BCUT2D eigenvalue weighted by atomic mass is 35.5. The Morgan fingerprint density at radius 1 is 1.45 bits per heavy atom. The summed E-state index contributed by atoms with van der Waals surface area (Å²) in [6, 6.07) is 2.66. The van der Waals surface area contributed by atoms with Gasteiger partial charge in [0.15, 0.2) is 0 Å². The van der Waals surface area contributed by atoms with Gasteiger partial charge in [-0.25, -0.2) is 0 Å². The van der Waals surface area contributed by atoms with Crippen LogP contribution in [0.1, 0.15) is 36.2 Å². The van der Waals surface area contributed by atoms with Crippen LogP contribution in [0.5, 0.6) is 6.01 Å². The van der Waals surface area contributed by atoms with Crippen molar-refractivity contribution in [1.29, 1.82) is 0 Å². The van der Waals surface area contributed by atoms with Crippen molar-refractivity contribution in [2.45, 2.75) is 32.2 Å². The van der Waals surface area contributed by atoms with E-state index in [-0.39, 0.29) is 17.3 Å². The predicted molar refractivity (Wildman–Crippen MR) is 79.6 cm³/mol. The number of rotatable bonds is 4. The van der Waals surface area contributed by atoms with E-state index in [1.54, 1.807) is 0 Å². The van der Waals surface area contributed by atoms with Gasteiger partial charge in [-0.1, -0.05) is 0 Å². The molecule has 20 heavy (non-hydrogen) atoms. The Balaban J connectivity index is 1.82. The van der Waals surface area contributed by atoms with Crippen LogP contribution in [0.25, 0.3) is 0 Å².